The van der Waals surface area contributed by atoms with E-state index < -0.39 is 0 Å². The van der Waals surface area contributed by atoms with Crippen LogP contribution in [0.25, 0.3) is 11.0 Å². The van der Waals surface area contributed by atoms with Gasteiger partial charge in [0.15, 0.2) is 0 Å². The van der Waals surface area contributed by atoms with Gasteiger partial charge in [-0.3, -0.25) is 0 Å². The van der Waals surface area contributed by atoms with Crippen molar-refractivity contribution in [3.8, 4) is 5.75 Å². The molecule has 0 spiro atoms. The van der Waals surface area contributed by atoms with Gasteiger partial charge < -0.3 is 15.0 Å². The lowest BCUT2D eigenvalue weighted by atomic mass is 10.2. The van der Waals surface area contributed by atoms with Gasteiger partial charge in [-0.15, -0.1) is 0 Å². The van der Waals surface area contributed by atoms with Crippen molar-refractivity contribution >= 4 is 16.7 Å². The van der Waals surface area contributed by atoms with Crippen molar-refractivity contribution in [1.82, 2.24) is 9.55 Å². The van der Waals surface area contributed by atoms with Crippen LogP contribution in [0.1, 0.15) is 30.1 Å². The van der Waals surface area contributed by atoms with Crippen LogP contribution in [0, 0.1) is 6.92 Å². The first kappa shape index (κ1) is 14.1. The fourth-order valence-electron chi connectivity index (χ4n) is 2.96. The molecule has 1 fully saturated rings. The average molecular weight is 307 g/mol. The van der Waals surface area contributed by atoms with Gasteiger partial charge >= 0.3 is 0 Å². The number of nitrogens with zero attached hydrogens (tertiary/aromatic N) is 2. The number of para-hydroxylation sites is 1. The van der Waals surface area contributed by atoms with Crippen molar-refractivity contribution < 1.29 is 4.74 Å². The van der Waals surface area contributed by atoms with Crippen LogP contribution in [0.4, 0.5) is 5.69 Å². The van der Waals surface area contributed by atoms with Crippen LogP contribution in [0.5, 0.6) is 5.75 Å². The Morgan fingerprint density at radius 1 is 1.17 bits per heavy atom. The van der Waals surface area contributed by atoms with E-state index in [-0.39, 0.29) is 0 Å². The monoisotopic (exact) mass is 307 g/mol. The second-order valence-corrected chi connectivity index (χ2v) is 6.27. The molecule has 4 rings (SSSR count). The standard InChI is InChI=1S/C19H21N3O/c1-13-5-9-15(10-6-13)23-12-11-22-17-4-2-3-16(20)18(17)21-19(22)14-7-8-14/h2-6,9-10,14H,7-8,11-12,20H2,1H3. The predicted molar refractivity (Wildman–Crippen MR) is 92.8 cm³/mol. The van der Waals surface area contributed by atoms with E-state index in [1.807, 2.05) is 24.3 Å². The van der Waals surface area contributed by atoms with E-state index in [9.17, 15) is 0 Å². The molecule has 0 radical (unpaired) electrons. The number of fused-ring (bicyclic) bond motifs is 1. The van der Waals surface area contributed by atoms with Gasteiger partial charge in [0.2, 0.25) is 0 Å². The van der Waals surface area contributed by atoms with E-state index in [4.69, 9.17) is 15.5 Å². The summed E-state index contributed by atoms with van der Waals surface area (Å²) in [6.45, 7) is 3.50. The van der Waals surface area contributed by atoms with Crippen LogP contribution in [0.2, 0.25) is 0 Å². The van der Waals surface area contributed by atoms with Crippen molar-refractivity contribution in [2.24, 2.45) is 0 Å². The molecule has 0 saturated heterocycles. The number of ether oxygens (including phenoxy) is 1. The van der Waals surface area contributed by atoms with Gasteiger partial charge in [-0.2, -0.15) is 0 Å². The molecular weight excluding hydrogens is 286 g/mol. The first-order valence-electron chi connectivity index (χ1n) is 8.16. The topological polar surface area (TPSA) is 53.1 Å². The van der Waals surface area contributed by atoms with Crippen LogP contribution >= 0.6 is 0 Å². The lowest BCUT2D eigenvalue weighted by Gasteiger charge is -2.10. The minimum Gasteiger partial charge on any atom is -0.492 e. The largest absolute Gasteiger partial charge is 0.492 e. The fraction of sp³-hybridized carbons (Fsp3) is 0.316. The molecule has 0 bridgehead atoms. The van der Waals surface area contributed by atoms with Gasteiger partial charge in [0, 0.05) is 5.92 Å². The molecule has 1 aromatic heterocycles. The van der Waals surface area contributed by atoms with E-state index in [0.717, 1.165) is 34.8 Å². The minimum absolute atomic E-state index is 0.584. The number of rotatable bonds is 5. The highest BCUT2D eigenvalue weighted by Crippen LogP contribution is 2.41. The van der Waals surface area contributed by atoms with E-state index in [1.165, 1.54) is 18.4 Å². The van der Waals surface area contributed by atoms with Crippen LogP contribution in [0.15, 0.2) is 42.5 Å². The predicted octanol–water partition coefficient (Wildman–Crippen LogP) is 3.88. The number of nitrogen functional groups attached to an aromatic ring is 1. The Balaban J connectivity index is 1.57. The van der Waals surface area contributed by atoms with Crippen molar-refractivity contribution in [1.29, 1.82) is 0 Å². The summed E-state index contributed by atoms with van der Waals surface area (Å²) in [6, 6.07) is 14.2. The van der Waals surface area contributed by atoms with Gasteiger partial charge in [0.1, 0.15) is 23.7 Å². The van der Waals surface area contributed by atoms with Crippen molar-refractivity contribution in [3.05, 3.63) is 53.9 Å². The summed E-state index contributed by atoms with van der Waals surface area (Å²) >= 11 is 0. The molecule has 0 atom stereocenters. The Morgan fingerprint density at radius 2 is 1.96 bits per heavy atom. The van der Waals surface area contributed by atoms with E-state index >= 15 is 0 Å². The molecule has 2 N–H and O–H groups in total. The van der Waals surface area contributed by atoms with E-state index in [1.54, 1.807) is 0 Å². The minimum atomic E-state index is 0.584. The van der Waals surface area contributed by atoms with Crippen molar-refractivity contribution in [3.63, 3.8) is 0 Å². The molecule has 1 aliphatic rings. The summed E-state index contributed by atoms with van der Waals surface area (Å²) < 4.78 is 8.16. The van der Waals surface area contributed by atoms with E-state index in [2.05, 4.69) is 29.7 Å². The number of aryl methyl sites for hydroxylation is 1. The molecule has 0 aliphatic heterocycles. The Bertz CT molecular complexity index is 832. The third-order valence-corrected chi connectivity index (χ3v) is 4.39. The third-order valence-electron chi connectivity index (χ3n) is 4.39. The zero-order valence-corrected chi connectivity index (χ0v) is 13.3. The third kappa shape index (κ3) is 2.77. The van der Waals surface area contributed by atoms with Crippen molar-refractivity contribution in [2.75, 3.05) is 12.3 Å². The highest BCUT2D eigenvalue weighted by atomic mass is 16.5. The van der Waals surface area contributed by atoms with Crippen LogP contribution < -0.4 is 10.5 Å². The van der Waals surface area contributed by atoms with E-state index in [0.29, 0.717) is 12.5 Å². The number of hydrogen-bond donors (Lipinski definition) is 1. The lowest BCUT2D eigenvalue weighted by molar-refractivity contribution is 0.298. The molecule has 23 heavy (non-hydrogen) atoms. The maximum Gasteiger partial charge on any atom is 0.119 e. The Hall–Kier alpha value is -2.49. The quantitative estimate of drug-likeness (QED) is 0.728. The van der Waals surface area contributed by atoms with Gasteiger partial charge in [0.25, 0.3) is 0 Å². The molecule has 1 heterocycles. The Labute approximate surface area is 135 Å². The second-order valence-electron chi connectivity index (χ2n) is 6.27. The maximum absolute atomic E-state index is 6.09. The van der Waals surface area contributed by atoms with Crippen LogP contribution in [0.3, 0.4) is 0 Å². The smallest absolute Gasteiger partial charge is 0.119 e. The number of hydrogen-bond acceptors (Lipinski definition) is 3. The van der Waals surface area contributed by atoms with Crippen molar-refractivity contribution in [2.45, 2.75) is 32.2 Å². The highest BCUT2D eigenvalue weighted by Gasteiger charge is 2.29. The highest BCUT2D eigenvalue weighted by molar-refractivity contribution is 5.87. The lowest BCUT2D eigenvalue weighted by Crippen LogP contribution is -2.10. The summed E-state index contributed by atoms with van der Waals surface area (Å²) in [6.07, 6.45) is 2.45. The normalized spacial score (nSPS) is 14.3. The van der Waals surface area contributed by atoms with Gasteiger partial charge in [-0.25, -0.2) is 4.98 Å². The van der Waals surface area contributed by atoms with Gasteiger partial charge in [0.05, 0.1) is 17.7 Å². The number of anilines is 1. The summed E-state index contributed by atoms with van der Waals surface area (Å²) in [4.78, 5) is 4.79. The molecule has 2 aromatic carbocycles. The fourth-order valence-corrected chi connectivity index (χ4v) is 2.96. The van der Waals surface area contributed by atoms with Crippen LogP contribution in [-0.2, 0) is 6.54 Å². The molecule has 1 aliphatic carbocycles. The first-order chi connectivity index (χ1) is 11.2. The Morgan fingerprint density at radius 3 is 2.70 bits per heavy atom. The summed E-state index contributed by atoms with van der Waals surface area (Å²) in [5.74, 6) is 2.65. The summed E-state index contributed by atoms with van der Waals surface area (Å²) in [5, 5.41) is 0. The number of imidazole rings is 1. The molecule has 3 aromatic rings. The Kier molecular flexibility index (Phi) is 3.45. The number of aromatic nitrogens is 2. The second kappa shape index (κ2) is 5.61. The molecule has 1 saturated carbocycles. The zero-order valence-electron chi connectivity index (χ0n) is 13.3. The van der Waals surface area contributed by atoms with Gasteiger partial charge in [-0.05, 0) is 44.0 Å². The number of nitrogens with two attached hydrogens (primary N) is 1. The molecule has 4 heteroatoms. The average Bonchev–Trinajstić information content (AvgIpc) is 3.32. The summed E-state index contributed by atoms with van der Waals surface area (Å²) in [7, 11) is 0. The summed E-state index contributed by atoms with van der Waals surface area (Å²) in [5.41, 5.74) is 10.1. The molecule has 0 unspecified atom stereocenters. The molecule has 4 nitrogen and oxygen atoms in total. The molecular formula is C19H21N3O. The zero-order chi connectivity index (χ0) is 15.8. The molecule has 0 amide bonds. The first-order valence-corrected chi connectivity index (χ1v) is 8.16. The molecule has 118 valence electrons. The SMILES string of the molecule is Cc1ccc(OCCn2c(C3CC3)nc3c(N)cccc32)cc1. The number of benzene rings is 2. The van der Waals surface area contributed by atoms with Crippen LogP contribution in [-0.4, -0.2) is 16.2 Å². The van der Waals surface area contributed by atoms with Gasteiger partial charge in [-0.1, -0.05) is 23.8 Å². The maximum atomic E-state index is 6.09.